The van der Waals surface area contributed by atoms with Crippen molar-refractivity contribution >= 4 is 17.7 Å². The minimum absolute atomic E-state index is 0.151. The summed E-state index contributed by atoms with van der Waals surface area (Å²) in [6.07, 6.45) is 0.576. The molecule has 1 aromatic carbocycles. The van der Waals surface area contributed by atoms with Crippen LogP contribution in [0.3, 0.4) is 0 Å². The Hall–Kier alpha value is -1.04. The average Bonchev–Trinajstić information content (AvgIpc) is 2.60. The lowest BCUT2D eigenvalue weighted by molar-refractivity contribution is -0.121. The van der Waals surface area contributed by atoms with Crippen LogP contribution >= 0.6 is 11.8 Å². The summed E-state index contributed by atoms with van der Waals surface area (Å²) >= 11 is 1.93. The van der Waals surface area contributed by atoms with Gasteiger partial charge in [-0.3, -0.25) is 9.69 Å². The highest BCUT2D eigenvalue weighted by atomic mass is 32.2. The lowest BCUT2D eigenvalue weighted by Crippen LogP contribution is -2.43. The number of nitrogens with zero attached hydrogens (tertiary/aromatic N) is 1. The summed E-state index contributed by atoms with van der Waals surface area (Å²) < 4.78 is 0. The number of thioether (sulfide) groups is 1. The monoisotopic (exact) mass is 335 g/mol. The molecule has 0 saturated carbocycles. The molecule has 0 bridgehead atoms. The topological polar surface area (TPSA) is 44.4 Å². The Morgan fingerprint density at radius 2 is 2.09 bits per heavy atom. The normalized spacial score (nSPS) is 19.5. The fourth-order valence-electron chi connectivity index (χ4n) is 3.05. The molecule has 2 rings (SSSR count). The van der Waals surface area contributed by atoms with Crippen molar-refractivity contribution in [3.05, 3.63) is 35.9 Å². The summed E-state index contributed by atoms with van der Waals surface area (Å²) in [4.78, 5) is 14.7. The zero-order valence-electron chi connectivity index (χ0n) is 14.3. The van der Waals surface area contributed by atoms with Crippen LogP contribution in [0.4, 0.5) is 0 Å². The number of rotatable bonds is 8. The van der Waals surface area contributed by atoms with E-state index in [0.29, 0.717) is 19.0 Å². The molecular weight excluding hydrogens is 306 g/mol. The number of nitrogens with one attached hydrogen (secondary N) is 2. The molecule has 0 spiro atoms. The number of likely N-dealkylation sites (N-methyl/N-ethyl adjacent to an activating group) is 1. The maximum absolute atomic E-state index is 12.3. The molecule has 23 heavy (non-hydrogen) atoms. The molecule has 2 N–H and O–H groups in total. The molecule has 0 aromatic heterocycles. The molecule has 2 atom stereocenters. The maximum Gasteiger partial charge on any atom is 0.221 e. The van der Waals surface area contributed by atoms with Gasteiger partial charge in [0.1, 0.15) is 0 Å². The van der Waals surface area contributed by atoms with Crippen LogP contribution in [0.1, 0.15) is 31.9 Å². The molecule has 128 valence electrons. The van der Waals surface area contributed by atoms with Crippen LogP contribution in [-0.4, -0.2) is 54.5 Å². The summed E-state index contributed by atoms with van der Waals surface area (Å²) in [5.74, 6) is 2.33. The first-order chi connectivity index (χ1) is 11.2. The van der Waals surface area contributed by atoms with E-state index < -0.39 is 0 Å². The molecule has 2 unspecified atom stereocenters. The molecule has 5 heteroatoms. The van der Waals surface area contributed by atoms with E-state index in [2.05, 4.69) is 53.6 Å². The molecule has 1 aliphatic heterocycles. The molecule has 0 aliphatic carbocycles. The standard InChI is InChI=1S/C18H29N3OS/c1-3-21(4-2)17(15-8-6-5-7-9-15)13-20-18(22)12-16-14-23-11-10-19-16/h5-9,16-17,19H,3-4,10-14H2,1-2H3,(H,20,22). The van der Waals surface area contributed by atoms with Crippen molar-refractivity contribution in [1.82, 2.24) is 15.5 Å². The zero-order valence-corrected chi connectivity index (χ0v) is 15.1. The summed E-state index contributed by atoms with van der Waals surface area (Å²) in [6, 6.07) is 11.0. The number of hydrogen-bond acceptors (Lipinski definition) is 4. The summed E-state index contributed by atoms with van der Waals surface area (Å²) in [6.45, 7) is 7.98. The summed E-state index contributed by atoms with van der Waals surface area (Å²) in [5.41, 5.74) is 1.27. The van der Waals surface area contributed by atoms with Crippen molar-refractivity contribution in [2.24, 2.45) is 0 Å². The van der Waals surface area contributed by atoms with Crippen molar-refractivity contribution in [3.63, 3.8) is 0 Å². The van der Waals surface area contributed by atoms with Gasteiger partial charge in [-0.05, 0) is 18.7 Å². The SMILES string of the molecule is CCN(CC)C(CNC(=O)CC1CSCCN1)c1ccccc1. The van der Waals surface area contributed by atoms with Gasteiger partial charge in [0.2, 0.25) is 5.91 Å². The van der Waals surface area contributed by atoms with Crippen LogP contribution in [0.15, 0.2) is 30.3 Å². The number of carbonyl (C=O) groups excluding carboxylic acids is 1. The second-order valence-electron chi connectivity index (χ2n) is 5.88. The van der Waals surface area contributed by atoms with Gasteiger partial charge in [0.15, 0.2) is 0 Å². The minimum atomic E-state index is 0.151. The summed E-state index contributed by atoms with van der Waals surface area (Å²) in [7, 11) is 0. The third-order valence-electron chi connectivity index (χ3n) is 4.36. The highest BCUT2D eigenvalue weighted by Gasteiger charge is 2.20. The average molecular weight is 336 g/mol. The van der Waals surface area contributed by atoms with Crippen molar-refractivity contribution in [2.75, 3.05) is 37.7 Å². The predicted octanol–water partition coefficient (Wildman–Crippen LogP) is 2.28. The molecule has 1 fully saturated rings. The Morgan fingerprint density at radius 3 is 2.70 bits per heavy atom. The van der Waals surface area contributed by atoms with Gasteiger partial charge in [0, 0.05) is 37.1 Å². The quantitative estimate of drug-likeness (QED) is 0.765. The van der Waals surface area contributed by atoms with E-state index >= 15 is 0 Å². The van der Waals surface area contributed by atoms with Crippen LogP contribution in [0.5, 0.6) is 0 Å². The van der Waals surface area contributed by atoms with E-state index in [1.165, 1.54) is 5.56 Å². The molecule has 1 saturated heterocycles. The first kappa shape index (κ1) is 18.3. The van der Waals surface area contributed by atoms with Crippen molar-refractivity contribution < 1.29 is 4.79 Å². The number of benzene rings is 1. The molecule has 1 heterocycles. The second kappa shape index (κ2) is 9.96. The van der Waals surface area contributed by atoms with Gasteiger partial charge in [-0.15, -0.1) is 0 Å². The zero-order chi connectivity index (χ0) is 16.5. The van der Waals surface area contributed by atoms with Gasteiger partial charge in [-0.25, -0.2) is 0 Å². The van der Waals surface area contributed by atoms with Gasteiger partial charge in [0.05, 0.1) is 6.04 Å². The molecule has 4 nitrogen and oxygen atoms in total. The highest BCUT2D eigenvalue weighted by molar-refractivity contribution is 7.99. The second-order valence-corrected chi connectivity index (χ2v) is 7.03. The lowest BCUT2D eigenvalue weighted by Gasteiger charge is -2.30. The van der Waals surface area contributed by atoms with Crippen LogP contribution in [0.25, 0.3) is 0 Å². The Labute approximate surface area is 144 Å². The van der Waals surface area contributed by atoms with Crippen molar-refractivity contribution in [1.29, 1.82) is 0 Å². The van der Waals surface area contributed by atoms with Crippen LogP contribution in [-0.2, 0) is 4.79 Å². The van der Waals surface area contributed by atoms with Gasteiger partial charge >= 0.3 is 0 Å². The molecule has 1 aromatic rings. The third-order valence-corrected chi connectivity index (χ3v) is 5.49. The van der Waals surface area contributed by atoms with Crippen LogP contribution in [0, 0.1) is 0 Å². The smallest absolute Gasteiger partial charge is 0.221 e. The van der Waals surface area contributed by atoms with Crippen molar-refractivity contribution in [3.8, 4) is 0 Å². The van der Waals surface area contributed by atoms with Crippen LogP contribution < -0.4 is 10.6 Å². The fraction of sp³-hybridized carbons (Fsp3) is 0.611. The highest BCUT2D eigenvalue weighted by Crippen LogP contribution is 2.19. The van der Waals surface area contributed by atoms with E-state index in [-0.39, 0.29) is 11.9 Å². The van der Waals surface area contributed by atoms with E-state index in [0.717, 1.165) is 31.1 Å². The molecule has 0 radical (unpaired) electrons. The predicted molar refractivity (Wildman–Crippen MR) is 98.8 cm³/mol. The van der Waals surface area contributed by atoms with E-state index in [9.17, 15) is 4.79 Å². The van der Waals surface area contributed by atoms with Gasteiger partial charge in [0.25, 0.3) is 0 Å². The van der Waals surface area contributed by atoms with E-state index in [1.54, 1.807) is 0 Å². The number of carbonyl (C=O) groups is 1. The minimum Gasteiger partial charge on any atom is -0.354 e. The van der Waals surface area contributed by atoms with E-state index in [1.807, 2.05) is 17.8 Å². The largest absolute Gasteiger partial charge is 0.354 e. The van der Waals surface area contributed by atoms with Crippen molar-refractivity contribution in [2.45, 2.75) is 32.4 Å². The molecular formula is C18H29N3OS. The van der Waals surface area contributed by atoms with Gasteiger partial charge in [-0.2, -0.15) is 11.8 Å². The summed E-state index contributed by atoms with van der Waals surface area (Å²) in [5, 5.41) is 6.57. The van der Waals surface area contributed by atoms with Gasteiger partial charge < -0.3 is 10.6 Å². The Morgan fingerprint density at radius 1 is 1.35 bits per heavy atom. The Balaban J connectivity index is 1.91. The van der Waals surface area contributed by atoms with Crippen LogP contribution in [0.2, 0.25) is 0 Å². The molecule has 1 aliphatic rings. The van der Waals surface area contributed by atoms with E-state index in [4.69, 9.17) is 0 Å². The lowest BCUT2D eigenvalue weighted by atomic mass is 10.0. The number of amides is 1. The first-order valence-corrected chi connectivity index (χ1v) is 9.76. The first-order valence-electron chi connectivity index (χ1n) is 8.61. The molecule has 1 amide bonds. The maximum atomic E-state index is 12.3. The Bertz CT molecular complexity index is 459. The fourth-order valence-corrected chi connectivity index (χ4v) is 4.00. The Kier molecular flexibility index (Phi) is 7.92. The number of hydrogen-bond donors (Lipinski definition) is 2. The third kappa shape index (κ3) is 5.83. The van der Waals surface area contributed by atoms with Gasteiger partial charge in [-0.1, -0.05) is 44.2 Å².